The fraction of sp³-hybridized carbons (Fsp3) is 0.0909. The van der Waals surface area contributed by atoms with Crippen molar-refractivity contribution in [2.24, 2.45) is 0 Å². The summed E-state index contributed by atoms with van der Waals surface area (Å²) in [5.41, 5.74) is 1.67. The van der Waals surface area contributed by atoms with Gasteiger partial charge >= 0.3 is 0 Å². The van der Waals surface area contributed by atoms with E-state index in [9.17, 15) is 0 Å². The van der Waals surface area contributed by atoms with Gasteiger partial charge in [-0.05, 0) is 18.4 Å². The van der Waals surface area contributed by atoms with Crippen molar-refractivity contribution in [3.8, 4) is 6.07 Å². The number of pyridine rings is 1. The smallest absolute Gasteiger partial charge is 0.141 e. The molecule has 0 saturated heterocycles. The fourth-order valence-corrected chi connectivity index (χ4v) is 1.32. The van der Waals surface area contributed by atoms with Crippen molar-refractivity contribution >= 4 is 10.8 Å². The summed E-state index contributed by atoms with van der Waals surface area (Å²) in [6, 6.07) is 9.94. The van der Waals surface area contributed by atoms with Crippen LogP contribution in [0.15, 0.2) is 30.5 Å². The molecule has 1 heterocycles. The highest BCUT2D eigenvalue weighted by molar-refractivity contribution is 5.83. The summed E-state index contributed by atoms with van der Waals surface area (Å²) >= 11 is 0. The second kappa shape index (κ2) is 2.87. The molecular formula is C11H8N2. The number of rotatable bonds is 0. The summed E-state index contributed by atoms with van der Waals surface area (Å²) in [5.74, 6) is 0. The molecule has 2 nitrogen and oxygen atoms in total. The summed E-state index contributed by atoms with van der Waals surface area (Å²) in [7, 11) is 0. The Morgan fingerprint density at radius 3 is 2.85 bits per heavy atom. The van der Waals surface area contributed by atoms with Crippen molar-refractivity contribution in [1.29, 1.82) is 5.26 Å². The molecule has 0 bridgehead atoms. The minimum absolute atomic E-state index is 0.470. The number of benzene rings is 1. The van der Waals surface area contributed by atoms with Gasteiger partial charge in [-0.15, -0.1) is 0 Å². The molecule has 0 saturated carbocycles. The first kappa shape index (κ1) is 7.75. The molecule has 1 aromatic carbocycles. The highest BCUT2D eigenvalue weighted by Gasteiger charge is 1.96. The Morgan fingerprint density at radius 2 is 2.08 bits per heavy atom. The Kier molecular flexibility index (Phi) is 1.71. The number of fused-ring (bicyclic) bond motifs is 1. The summed E-state index contributed by atoms with van der Waals surface area (Å²) in [4.78, 5) is 3.99. The van der Waals surface area contributed by atoms with Gasteiger partial charge in [0.15, 0.2) is 0 Å². The highest BCUT2D eigenvalue weighted by Crippen LogP contribution is 2.15. The number of aryl methyl sites for hydroxylation is 1. The van der Waals surface area contributed by atoms with Crippen LogP contribution < -0.4 is 0 Å². The van der Waals surface area contributed by atoms with Gasteiger partial charge in [-0.1, -0.05) is 23.8 Å². The minimum atomic E-state index is 0.470. The maximum atomic E-state index is 8.65. The summed E-state index contributed by atoms with van der Waals surface area (Å²) in [6.45, 7) is 2.03. The molecule has 0 radical (unpaired) electrons. The zero-order chi connectivity index (χ0) is 9.26. The van der Waals surface area contributed by atoms with Crippen LogP contribution in [-0.4, -0.2) is 4.98 Å². The predicted octanol–water partition coefficient (Wildman–Crippen LogP) is 2.41. The van der Waals surface area contributed by atoms with Gasteiger partial charge in [-0.2, -0.15) is 5.26 Å². The molecule has 2 heteroatoms. The van der Waals surface area contributed by atoms with E-state index < -0.39 is 0 Å². The van der Waals surface area contributed by atoms with Gasteiger partial charge in [0.25, 0.3) is 0 Å². The third kappa shape index (κ3) is 1.36. The standard InChI is InChI=1S/C11H8N2/c1-8-2-3-9-7-13-11(6-12)5-10(9)4-8/h2-5,7H,1H3. The molecule has 0 atom stereocenters. The Labute approximate surface area is 76.5 Å². The molecule has 2 rings (SSSR count). The first-order valence-corrected chi connectivity index (χ1v) is 4.06. The summed E-state index contributed by atoms with van der Waals surface area (Å²) in [6.07, 6.45) is 1.73. The lowest BCUT2D eigenvalue weighted by Crippen LogP contribution is -1.82. The Balaban J connectivity index is 2.77. The van der Waals surface area contributed by atoms with E-state index in [1.165, 1.54) is 5.56 Å². The van der Waals surface area contributed by atoms with E-state index in [2.05, 4.69) is 11.1 Å². The molecule has 0 aliphatic heterocycles. The van der Waals surface area contributed by atoms with Gasteiger partial charge in [0.05, 0.1) is 0 Å². The Morgan fingerprint density at radius 1 is 1.23 bits per heavy atom. The maximum Gasteiger partial charge on any atom is 0.141 e. The first-order chi connectivity index (χ1) is 6.29. The van der Waals surface area contributed by atoms with E-state index in [0.717, 1.165) is 10.8 Å². The number of nitrogens with zero attached hydrogens (tertiary/aromatic N) is 2. The molecule has 2 aromatic rings. The summed E-state index contributed by atoms with van der Waals surface area (Å²) in [5, 5.41) is 10.8. The molecular weight excluding hydrogens is 160 g/mol. The number of nitriles is 1. The van der Waals surface area contributed by atoms with Crippen LogP contribution in [0.4, 0.5) is 0 Å². The SMILES string of the molecule is Cc1ccc2cnc(C#N)cc2c1. The lowest BCUT2D eigenvalue weighted by atomic mass is 10.1. The van der Waals surface area contributed by atoms with Crippen LogP contribution in [0.2, 0.25) is 0 Å². The largest absolute Gasteiger partial charge is 0.245 e. The Hall–Kier alpha value is -1.88. The van der Waals surface area contributed by atoms with E-state index in [-0.39, 0.29) is 0 Å². The van der Waals surface area contributed by atoms with Gasteiger partial charge in [-0.3, -0.25) is 0 Å². The van der Waals surface area contributed by atoms with Crippen molar-refractivity contribution in [3.05, 3.63) is 41.7 Å². The lowest BCUT2D eigenvalue weighted by molar-refractivity contribution is 1.29. The van der Waals surface area contributed by atoms with E-state index in [1.807, 2.05) is 31.2 Å². The van der Waals surface area contributed by atoms with Gasteiger partial charge in [-0.25, -0.2) is 4.98 Å². The van der Waals surface area contributed by atoms with Gasteiger partial charge < -0.3 is 0 Å². The Bertz CT molecular complexity index is 495. The quantitative estimate of drug-likeness (QED) is 0.605. The minimum Gasteiger partial charge on any atom is -0.245 e. The van der Waals surface area contributed by atoms with Crippen molar-refractivity contribution in [3.63, 3.8) is 0 Å². The van der Waals surface area contributed by atoms with Crippen molar-refractivity contribution in [2.45, 2.75) is 6.92 Å². The zero-order valence-electron chi connectivity index (χ0n) is 7.28. The molecule has 13 heavy (non-hydrogen) atoms. The monoisotopic (exact) mass is 168 g/mol. The van der Waals surface area contributed by atoms with Gasteiger partial charge in [0.2, 0.25) is 0 Å². The molecule has 0 aliphatic rings. The van der Waals surface area contributed by atoms with Gasteiger partial charge in [0.1, 0.15) is 11.8 Å². The van der Waals surface area contributed by atoms with Crippen molar-refractivity contribution < 1.29 is 0 Å². The second-order valence-electron chi connectivity index (χ2n) is 3.03. The molecule has 0 spiro atoms. The molecule has 0 unspecified atom stereocenters. The van der Waals surface area contributed by atoms with Crippen LogP contribution in [0.1, 0.15) is 11.3 Å². The molecule has 0 aliphatic carbocycles. The van der Waals surface area contributed by atoms with E-state index in [4.69, 9.17) is 5.26 Å². The van der Waals surface area contributed by atoms with Crippen LogP contribution in [0.25, 0.3) is 10.8 Å². The maximum absolute atomic E-state index is 8.65. The van der Waals surface area contributed by atoms with Gasteiger partial charge in [0, 0.05) is 11.6 Å². The normalized spacial score (nSPS) is 9.85. The predicted molar refractivity (Wildman–Crippen MR) is 51.2 cm³/mol. The van der Waals surface area contributed by atoms with Crippen molar-refractivity contribution in [1.82, 2.24) is 4.98 Å². The third-order valence-corrected chi connectivity index (χ3v) is 1.99. The van der Waals surface area contributed by atoms with E-state index >= 15 is 0 Å². The van der Waals surface area contributed by atoms with Crippen LogP contribution in [0.5, 0.6) is 0 Å². The first-order valence-electron chi connectivity index (χ1n) is 4.06. The number of aromatic nitrogens is 1. The van der Waals surface area contributed by atoms with Crippen LogP contribution in [0, 0.1) is 18.3 Å². The molecule has 0 fully saturated rings. The van der Waals surface area contributed by atoms with Crippen LogP contribution >= 0.6 is 0 Å². The molecule has 0 amide bonds. The molecule has 62 valence electrons. The molecule has 0 N–H and O–H groups in total. The van der Waals surface area contributed by atoms with E-state index in [1.54, 1.807) is 6.20 Å². The lowest BCUT2D eigenvalue weighted by Gasteiger charge is -1.98. The second-order valence-corrected chi connectivity index (χ2v) is 3.03. The average molecular weight is 168 g/mol. The van der Waals surface area contributed by atoms with Crippen molar-refractivity contribution in [2.75, 3.05) is 0 Å². The topological polar surface area (TPSA) is 36.7 Å². The molecule has 1 aromatic heterocycles. The third-order valence-electron chi connectivity index (χ3n) is 1.99. The fourth-order valence-electron chi connectivity index (χ4n) is 1.32. The van der Waals surface area contributed by atoms with E-state index in [0.29, 0.717) is 5.69 Å². The van der Waals surface area contributed by atoms with Crippen LogP contribution in [0.3, 0.4) is 0 Å². The number of hydrogen-bond donors (Lipinski definition) is 0. The number of hydrogen-bond acceptors (Lipinski definition) is 2. The zero-order valence-corrected chi connectivity index (χ0v) is 7.28. The van der Waals surface area contributed by atoms with Crippen LogP contribution in [-0.2, 0) is 0 Å². The average Bonchev–Trinajstić information content (AvgIpc) is 2.16. The highest BCUT2D eigenvalue weighted by atomic mass is 14.7. The summed E-state index contributed by atoms with van der Waals surface area (Å²) < 4.78 is 0.